The molecule has 2 amide bonds. The predicted molar refractivity (Wildman–Crippen MR) is 99.3 cm³/mol. The number of likely N-dealkylation sites (tertiary alicyclic amines) is 1. The van der Waals surface area contributed by atoms with Crippen molar-refractivity contribution in [3.63, 3.8) is 0 Å². The Bertz CT molecular complexity index is 562. The van der Waals surface area contributed by atoms with Crippen LogP contribution >= 0.6 is 0 Å². The fourth-order valence-corrected chi connectivity index (χ4v) is 3.33. The number of carbonyl (C=O) groups excluding carboxylic acids is 2. The highest BCUT2D eigenvalue weighted by atomic mass is 16.2. The third kappa shape index (κ3) is 5.54. The highest BCUT2D eigenvalue weighted by molar-refractivity contribution is 5.85. The molecule has 25 heavy (non-hydrogen) atoms. The molecule has 1 aliphatic rings. The van der Waals surface area contributed by atoms with Crippen molar-refractivity contribution in [3.05, 3.63) is 35.9 Å². The molecule has 1 aromatic carbocycles. The maximum Gasteiger partial charge on any atom is 0.237 e. The van der Waals surface area contributed by atoms with Gasteiger partial charge in [0.05, 0.1) is 12.1 Å². The number of nitrogens with one attached hydrogen (secondary N) is 2. The Balaban J connectivity index is 2.06. The third-order valence-electron chi connectivity index (χ3n) is 4.68. The molecular formula is C19H30N4O2. The van der Waals surface area contributed by atoms with Crippen LogP contribution in [0.4, 0.5) is 0 Å². The number of likely N-dealkylation sites (N-methyl/N-ethyl adjacent to an activating group) is 2. The van der Waals surface area contributed by atoms with E-state index >= 15 is 0 Å². The lowest BCUT2D eigenvalue weighted by molar-refractivity contribution is -0.130. The molecule has 2 N–H and O–H groups in total. The summed E-state index contributed by atoms with van der Waals surface area (Å²) in [5.74, 6) is -0.00170. The summed E-state index contributed by atoms with van der Waals surface area (Å²) in [6, 6.07) is 9.43. The smallest absolute Gasteiger partial charge is 0.237 e. The van der Waals surface area contributed by atoms with Crippen LogP contribution in [0.3, 0.4) is 0 Å². The monoisotopic (exact) mass is 346 g/mol. The summed E-state index contributed by atoms with van der Waals surface area (Å²) in [7, 11) is 5.62. The van der Waals surface area contributed by atoms with Gasteiger partial charge in [-0.3, -0.25) is 14.5 Å². The first-order valence-electron chi connectivity index (χ1n) is 8.96. The quantitative estimate of drug-likeness (QED) is 0.719. The summed E-state index contributed by atoms with van der Waals surface area (Å²) >= 11 is 0. The van der Waals surface area contributed by atoms with E-state index in [2.05, 4.69) is 15.5 Å². The molecule has 1 saturated heterocycles. The van der Waals surface area contributed by atoms with E-state index in [4.69, 9.17) is 0 Å². The van der Waals surface area contributed by atoms with Crippen molar-refractivity contribution in [2.75, 3.05) is 40.8 Å². The summed E-state index contributed by atoms with van der Waals surface area (Å²) in [5.41, 5.74) is 1.11. The summed E-state index contributed by atoms with van der Waals surface area (Å²) in [5, 5.41) is 5.77. The highest BCUT2D eigenvalue weighted by Gasteiger charge is 2.38. The Kier molecular flexibility index (Phi) is 7.40. The van der Waals surface area contributed by atoms with Gasteiger partial charge < -0.3 is 15.5 Å². The van der Waals surface area contributed by atoms with E-state index < -0.39 is 0 Å². The Morgan fingerprint density at radius 1 is 1.28 bits per heavy atom. The highest BCUT2D eigenvalue weighted by Crippen LogP contribution is 2.23. The summed E-state index contributed by atoms with van der Waals surface area (Å²) in [4.78, 5) is 29.2. The molecule has 0 unspecified atom stereocenters. The first-order valence-corrected chi connectivity index (χ1v) is 8.96. The molecule has 0 bridgehead atoms. The van der Waals surface area contributed by atoms with E-state index in [1.807, 2.05) is 49.3 Å². The van der Waals surface area contributed by atoms with Gasteiger partial charge >= 0.3 is 0 Å². The molecule has 1 aliphatic heterocycles. The predicted octanol–water partition coefficient (Wildman–Crippen LogP) is 0.486. The lowest BCUT2D eigenvalue weighted by Gasteiger charge is -2.31. The minimum Gasteiger partial charge on any atom is -0.358 e. The van der Waals surface area contributed by atoms with Gasteiger partial charge in [-0.05, 0) is 45.5 Å². The van der Waals surface area contributed by atoms with Crippen LogP contribution in [0.5, 0.6) is 0 Å². The molecular weight excluding hydrogens is 316 g/mol. The molecule has 1 aromatic rings. The van der Waals surface area contributed by atoms with E-state index in [0.29, 0.717) is 13.0 Å². The van der Waals surface area contributed by atoms with Crippen molar-refractivity contribution in [1.82, 2.24) is 20.4 Å². The first-order chi connectivity index (χ1) is 12.0. The maximum atomic E-state index is 12.6. The van der Waals surface area contributed by atoms with Crippen LogP contribution in [0.2, 0.25) is 0 Å². The largest absolute Gasteiger partial charge is 0.358 e. The minimum atomic E-state index is -0.320. The normalized spacial score (nSPS) is 19.0. The van der Waals surface area contributed by atoms with E-state index in [-0.39, 0.29) is 23.9 Å². The van der Waals surface area contributed by atoms with Crippen molar-refractivity contribution in [3.8, 4) is 0 Å². The molecule has 1 fully saturated rings. The van der Waals surface area contributed by atoms with Crippen molar-refractivity contribution in [1.29, 1.82) is 0 Å². The summed E-state index contributed by atoms with van der Waals surface area (Å²) in [6.07, 6.45) is 2.35. The second kappa shape index (κ2) is 9.53. The number of nitrogens with zero attached hydrogens (tertiary/aromatic N) is 2. The van der Waals surface area contributed by atoms with Gasteiger partial charge in [-0.1, -0.05) is 30.3 Å². The molecule has 0 aromatic heterocycles. The van der Waals surface area contributed by atoms with E-state index in [9.17, 15) is 9.59 Å². The Morgan fingerprint density at radius 2 is 2.00 bits per heavy atom. The first kappa shape index (κ1) is 19.4. The second-order valence-corrected chi connectivity index (χ2v) is 6.81. The van der Waals surface area contributed by atoms with Gasteiger partial charge in [0, 0.05) is 20.1 Å². The lowest BCUT2D eigenvalue weighted by atomic mass is 10.0. The summed E-state index contributed by atoms with van der Waals surface area (Å²) in [6.45, 7) is 2.21. The topological polar surface area (TPSA) is 64.7 Å². The maximum absolute atomic E-state index is 12.6. The molecule has 1 heterocycles. The molecule has 2 rings (SSSR count). The van der Waals surface area contributed by atoms with Crippen LogP contribution in [0, 0.1) is 0 Å². The van der Waals surface area contributed by atoms with Crippen LogP contribution < -0.4 is 10.6 Å². The van der Waals surface area contributed by atoms with Gasteiger partial charge in [0.2, 0.25) is 11.8 Å². The van der Waals surface area contributed by atoms with Crippen LogP contribution in [0.15, 0.2) is 30.3 Å². The Morgan fingerprint density at radius 3 is 2.64 bits per heavy atom. The SMILES string of the molecule is CNC(=O)[C@@H](Cc1ccccc1)N1CCC[C@H]1C(=O)NCCN(C)C. The molecule has 0 saturated carbocycles. The number of amides is 2. The zero-order valence-corrected chi connectivity index (χ0v) is 15.5. The summed E-state index contributed by atoms with van der Waals surface area (Å²) < 4.78 is 0. The molecule has 2 atom stereocenters. The number of benzene rings is 1. The van der Waals surface area contributed by atoms with Gasteiger partial charge in [0.15, 0.2) is 0 Å². The Hall–Kier alpha value is -1.92. The fourth-order valence-electron chi connectivity index (χ4n) is 3.33. The zero-order valence-electron chi connectivity index (χ0n) is 15.5. The van der Waals surface area contributed by atoms with Gasteiger partial charge in [-0.2, -0.15) is 0 Å². The van der Waals surface area contributed by atoms with Gasteiger partial charge in [-0.25, -0.2) is 0 Å². The number of hydrogen-bond donors (Lipinski definition) is 2. The van der Waals surface area contributed by atoms with Crippen molar-refractivity contribution >= 4 is 11.8 Å². The number of carbonyl (C=O) groups is 2. The fraction of sp³-hybridized carbons (Fsp3) is 0.579. The van der Waals surface area contributed by atoms with Gasteiger partial charge in [-0.15, -0.1) is 0 Å². The van der Waals surface area contributed by atoms with Crippen molar-refractivity contribution < 1.29 is 9.59 Å². The standard InChI is InChI=1S/C19H30N4O2/c1-20-18(24)17(14-15-8-5-4-6-9-15)23-12-7-10-16(23)19(25)21-11-13-22(2)3/h4-6,8-9,16-17H,7,10-14H2,1-3H3,(H,20,24)(H,21,25)/t16-,17+/m0/s1. The molecule has 138 valence electrons. The third-order valence-corrected chi connectivity index (χ3v) is 4.68. The van der Waals surface area contributed by atoms with E-state index in [1.165, 1.54) is 0 Å². The Labute approximate surface area is 150 Å². The van der Waals surface area contributed by atoms with Gasteiger partial charge in [0.1, 0.15) is 0 Å². The van der Waals surface area contributed by atoms with Crippen LogP contribution in [0.25, 0.3) is 0 Å². The minimum absolute atomic E-state index is 0.0290. The number of hydrogen-bond acceptors (Lipinski definition) is 4. The van der Waals surface area contributed by atoms with Gasteiger partial charge in [0.25, 0.3) is 0 Å². The molecule has 0 radical (unpaired) electrons. The van der Waals surface area contributed by atoms with Crippen LogP contribution in [0.1, 0.15) is 18.4 Å². The van der Waals surface area contributed by atoms with E-state index in [1.54, 1.807) is 7.05 Å². The molecule has 0 spiro atoms. The molecule has 0 aliphatic carbocycles. The van der Waals surface area contributed by atoms with E-state index in [0.717, 1.165) is 31.5 Å². The molecule has 6 heteroatoms. The number of rotatable bonds is 8. The average molecular weight is 346 g/mol. The lowest BCUT2D eigenvalue weighted by Crippen LogP contribution is -2.54. The zero-order chi connectivity index (χ0) is 18.2. The molecule has 6 nitrogen and oxygen atoms in total. The second-order valence-electron chi connectivity index (χ2n) is 6.81. The average Bonchev–Trinajstić information content (AvgIpc) is 3.09. The van der Waals surface area contributed by atoms with Crippen molar-refractivity contribution in [2.45, 2.75) is 31.3 Å². The van der Waals surface area contributed by atoms with Crippen LogP contribution in [-0.4, -0.2) is 74.5 Å². The van der Waals surface area contributed by atoms with Crippen molar-refractivity contribution in [2.24, 2.45) is 0 Å². The van der Waals surface area contributed by atoms with Crippen LogP contribution in [-0.2, 0) is 16.0 Å².